The normalized spacial score (nSPS) is 11.2. The van der Waals surface area contributed by atoms with Gasteiger partial charge < -0.3 is 10.1 Å². The average molecular weight is 456 g/mol. The van der Waals surface area contributed by atoms with Crippen LogP contribution >= 0.6 is 0 Å². The molecule has 0 fully saturated rings. The van der Waals surface area contributed by atoms with E-state index in [0.29, 0.717) is 5.76 Å². The van der Waals surface area contributed by atoms with Crippen LogP contribution in [0.3, 0.4) is 0 Å². The van der Waals surface area contributed by atoms with Gasteiger partial charge >= 0.3 is 6.09 Å². The summed E-state index contributed by atoms with van der Waals surface area (Å²) in [5.41, 5.74) is 10.6. The van der Waals surface area contributed by atoms with Crippen LogP contribution < -0.4 is 5.32 Å². The van der Waals surface area contributed by atoms with Gasteiger partial charge in [-0.25, -0.2) is 4.79 Å². The molecule has 3 nitrogen and oxygen atoms in total. The van der Waals surface area contributed by atoms with Crippen molar-refractivity contribution >= 4 is 17.4 Å². The Morgan fingerprint density at radius 2 is 1.12 bits per heavy atom. The fourth-order valence-corrected chi connectivity index (χ4v) is 4.77. The van der Waals surface area contributed by atoms with Crippen molar-refractivity contribution in [3.05, 3.63) is 105 Å². The lowest BCUT2D eigenvalue weighted by molar-refractivity contribution is 0.182. The first-order chi connectivity index (χ1) is 15.9. The molecule has 0 aliphatic rings. The minimum absolute atomic E-state index is 0.412. The van der Waals surface area contributed by atoms with Gasteiger partial charge in [-0.3, -0.25) is 0 Å². The highest BCUT2D eigenvalue weighted by Crippen LogP contribution is 2.40. The molecule has 0 aromatic heterocycles. The maximum Gasteiger partial charge on any atom is 0.413 e. The van der Waals surface area contributed by atoms with Crippen LogP contribution in [0.25, 0.3) is 11.3 Å². The van der Waals surface area contributed by atoms with Gasteiger partial charge in [0.05, 0.1) is 0 Å². The number of nitrogens with one attached hydrogen (secondary N) is 1. The number of amides is 1. The summed E-state index contributed by atoms with van der Waals surface area (Å²) < 4.78 is 6.19. The first kappa shape index (κ1) is 25.3. The Morgan fingerprint density at radius 1 is 0.706 bits per heavy atom. The highest BCUT2D eigenvalue weighted by atomic mass is 16.6. The Kier molecular flexibility index (Phi) is 7.35. The zero-order valence-corrected chi connectivity index (χ0v) is 22.0. The molecule has 3 rings (SSSR count). The number of carbonyl (C=O) groups is 1. The highest BCUT2D eigenvalue weighted by Gasteiger charge is 2.25. The molecule has 0 saturated heterocycles. The second kappa shape index (κ2) is 9.89. The molecule has 0 heterocycles. The van der Waals surface area contributed by atoms with E-state index in [0.717, 1.165) is 44.5 Å². The largest absolute Gasteiger partial charge is 0.413 e. The Balaban J connectivity index is 2.45. The lowest BCUT2D eigenvalue weighted by Crippen LogP contribution is -2.40. The molecule has 0 atom stereocenters. The zero-order chi connectivity index (χ0) is 25.2. The van der Waals surface area contributed by atoms with Crippen molar-refractivity contribution in [3.8, 4) is 0 Å². The molecule has 0 aliphatic carbocycles. The minimum Gasteiger partial charge on any atom is -0.409 e. The Bertz CT molecular complexity index is 1140. The molecule has 0 saturated carbocycles. The maximum atomic E-state index is 13.1. The van der Waals surface area contributed by atoms with Gasteiger partial charge in [0.1, 0.15) is 5.76 Å². The molecule has 3 heteroatoms. The van der Waals surface area contributed by atoms with Gasteiger partial charge in [-0.05, 0) is 95.7 Å². The van der Waals surface area contributed by atoms with Crippen LogP contribution in [0.5, 0.6) is 0 Å². The smallest absolute Gasteiger partial charge is 0.409 e. The summed E-state index contributed by atoms with van der Waals surface area (Å²) in [5, 5.41) is 2.96. The fraction of sp³-hybridized carbons (Fsp3) is 0.323. The fourth-order valence-electron chi connectivity index (χ4n) is 4.77. The summed E-state index contributed by atoms with van der Waals surface area (Å²) in [6.45, 7) is 18.6. The van der Waals surface area contributed by atoms with Crippen LogP contribution in [0.4, 0.5) is 4.79 Å². The number of hydrogen-bond acceptors (Lipinski definition) is 2. The van der Waals surface area contributed by atoms with E-state index in [1.807, 2.05) is 51.1 Å². The van der Waals surface area contributed by atoms with Crippen molar-refractivity contribution in [2.24, 2.45) is 0 Å². The van der Waals surface area contributed by atoms with E-state index in [1.54, 1.807) is 0 Å². The molecule has 0 radical (unpaired) electrons. The van der Waals surface area contributed by atoms with Gasteiger partial charge in [0.2, 0.25) is 0 Å². The van der Waals surface area contributed by atoms with Gasteiger partial charge in [-0.1, -0.05) is 65.7 Å². The third-order valence-electron chi connectivity index (χ3n) is 5.79. The second-order valence-electron chi connectivity index (χ2n) is 10.4. The SMILES string of the molecule is Cc1cc(C)c(C(=C(OC(=O)NC(C)(C)C)c2ccccc2)c2c(C)cc(C)cc2C)c(C)c1. The molecule has 1 N–H and O–H groups in total. The summed E-state index contributed by atoms with van der Waals surface area (Å²) in [5.74, 6) is 0.562. The van der Waals surface area contributed by atoms with E-state index in [1.165, 1.54) is 11.1 Å². The minimum atomic E-state index is -0.464. The van der Waals surface area contributed by atoms with Crippen molar-refractivity contribution in [2.75, 3.05) is 0 Å². The molecule has 0 spiro atoms. The Hall–Kier alpha value is -3.33. The molecule has 3 aromatic carbocycles. The standard InChI is InChI=1S/C31H37NO2/c1-19-15-21(3)26(22(4)16-19)28(27-23(5)17-20(2)18-24(27)6)29(25-13-11-10-12-14-25)34-30(33)32-31(7,8)9/h10-18H,1-9H3,(H,32,33). The van der Waals surface area contributed by atoms with Crippen LogP contribution in [0.2, 0.25) is 0 Å². The maximum absolute atomic E-state index is 13.1. The second-order valence-corrected chi connectivity index (χ2v) is 10.4. The summed E-state index contributed by atoms with van der Waals surface area (Å²) in [6, 6.07) is 18.7. The molecule has 0 bridgehead atoms. The first-order valence-corrected chi connectivity index (χ1v) is 11.8. The van der Waals surface area contributed by atoms with Crippen LogP contribution in [0.1, 0.15) is 70.8 Å². The third-order valence-corrected chi connectivity index (χ3v) is 5.79. The third kappa shape index (κ3) is 5.77. The predicted octanol–water partition coefficient (Wildman–Crippen LogP) is 7.98. The van der Waals surface area contributed by atoms with Crippen molar-refractivity contribution in [1.29, 1.82) is 0 Å². The number of aryl methyl sites for hydroxylation is 6. The number of hydrogen-bond donors (Lipinski definition) is 1. The average Bonchev–Trinajstić information content (AvgIpc) is 2.69. The highest BCUT2D eigenvalue weighted by molar-refractivity contribution is 6.01. The van der Waals surface area contributed by atoms with E-state index in [9.17, 15) is 4.79 Å². The van der Waals surface area contributed by atoms with Gasteiger partial charge in [-0.15, -0.1) is 0 Å². The van der Waals surface area contributed by atoms with Crippen LogP contribution in [-0.4, -0.2) is 11.6 Å². The van der Waals surface area contributed by atoms with Crippen molar-refractivity contribution < 1.29 is 9.53 Å². The lowest BCUT2D eigenvalue weighted by Gasteiger charge is -2.25. The van der Waals surface area contributed by atoms with Crippen LogP contribution in [-0.2, 0) is 4.74 Å². The van der Waals surface area contributed by atoms with Gasteiger partial charge in [0.15, 0.2) is 0 Å². The summed E-state index contributed by atoms with van der Waals surface area (Å²) in [7, 11) is 0. The molecule has 3 aromatic rings. The number of alkyl carbamates (subject to hydrolysis) is 1. The van der Waals surface area contributed by atoms with E-state index < -0.39 is 11.6 Å². The number of benzene rings is 3. The summed E-state index contributed by atoms with van der Waals surface area (Å²) in [6.07, 6.45) is -0.464. The number of ether oxygens (including phenoxy) is 1. The molecule has 34 heavy (non-hydrogen) atoms. The summed E-state index contributed by atoms with van der Waals surface area (Å²) >= 11 is 0. The first-order valence-electron chi connectivity index (χ1n) is 11.8. The number of carbonyl (C=O) groups excluding carboxylic acids is 1. The molecular weight excluding hydrogens is 418 g/mol. The monoisotopic (exact) mass is 455 g/mol. The van der Waals surface area contributed by atoms with Gasteiger partial charge in [-0.2, -0.15) is 0 Å². The van der Waals surface area contributed by atoms with Gasteiger partial charge in [0.25, 0.3) is 0 Å². The van der Waals surface area contributed by atoms with E-state index >= 15 is 0 Å². The molecule has 0 aliphatic heterocycles. The van der Waals surface area contributed by atoms with Crippen LogP contribution in [0, 0.1) is 41.5 Å². The van der Waals surface area contributed by atoms with Crippen molar-refractivity contribution in [1.82, 2.24) is 5.32 Å². The van der Waals surface area contributed by atoms with Crippen LogP contribution in [0.15, 0.2) is 54.6 Å². The molecular formula is C31H37NO2. The Morgan fingerprint density at radius 3 is 1.50 bits per heavy atom. The quantitative estimate of drug-likeness (QED) is 0.320. The number of rotatable bonds is 4. The van der Waals surface area contributed by atoms with Crippen molar-refractivity contribution in [2.45, 2.75) is 67.9 Å². The van der Waals surface area contributed by atoms with Gasteiger partial charge in [0, 0.05) is 16.7 Å². The molecule has 1 amide bonds. The topological polar surface area (TPSA) is 38.3 Å². The molecule has 0 unspecified atom stereocenters. The van der Waals surface area contributed by atoms with E-state index in [4.69, 9.17) is 4.74 Å². The zero-order valence-electron chi connectivity index (χ0n) is 22.0. The van der Waals surface area contributed by atoms with E-state index in [-0.39, 0.29) is 0 Å². The van der Waals surface area contributed by atoms with E-state index in [2.05, 4.69) is 71.1 Å². The lowest BCUT2D eigenvalue weighted by atomic mass is 9.83. The Labute approximate surface area is 204 Å². The molecule has 178 valence electrons. The van der Waals surface area contributed by atoms with Crippen molar-refractivity contribution in [3.63, 3.8) is 0 Å². The predicted molar refractivity (Wildman–Crippen MR) is 143 cm³/mol. The summed E-state index contributed by atoms with van der Waals surface area (Å²) in [4.78, 5) is 13.1.